The average molecular weight is 404 g/mol. The molecule has 2 aromatic carbocycles. The Labute approximate surface area is 144 Å². The van der Waals surface area contributed by atoms with Gasteiger partial charge in [-0.15, -0.1) is 0 Å². The minimum absolute atomic E-state index is 0.0377. The summed E-state index contributed by atoms with van der Waals surface area (Å²) in [6.07, 6.45) is -4.48. The molecule has 0 aliphatic rings. The molecule has 1 amide bonds. The molecule has 128 valence electrons. The third kappa shape index (κ3) is 4.00. The SMILES string of the molecule is COc1cc(C(=O)Nc2cccc(C(F)(F)F)c2)cc(OC)c1Br. The Kier molecular flexibility index (Phi) is 5.38. The van der Waals surface area contributed by atoms with Crippen molar-refractivity contribution in [1.29, 1.82) is 0 Å². The summed E-state index contributed by atoms with van der Waals surface area (Å²) < 4.78 is 49.0. The van der Waals surface area contributed by atoms with E-state index in [1.807, 2.05) is 0 Å². The standard InChI is InChI=1S/C16H13BrF3NO3/c1-23-12-6-9(7-13(24-2)14(12)17)15(22)21-11-5-3-4-10(8-11)16(18,19)20/h3-8H,1-2H3,(H,21,22). The predicted octanol–water partition coefficient (Wildman–Crippen LogP) is 4.74. The van der Waals surface area contributed by atoms with Crippen LogP contribution in [0.4, 0.5) is 18.9 Å². The van der Waals surface area contributed by atoms with Crippen molar-refractivity contribution in [3.63, 3.8) is 0 Å². The van der Waals surface area contributed by atoms with Gasteiger partial charge in [-0.25, -0.2) is 0 Å². The number of hydrogen-bond acceptors (Lipinski definition) is 3. The maximum atomic E-state index is 12.7. The van der Waals surface area contributed by atoms with Gasteiger partial charge in [0.05, 0.1) is 19.8 Å². The molecule has 0 spiro atoms. The van der Waals surface area contributed by atoms with Crippen LogP contribution in [-0.4, -0.2) is 20.1 Å². The molecule has 2 rings (SSSR count). The van der Waals surface area contributed by atoms with Gasteiger partial charge in [-0.2, -0.15) is 13.2 Å². The number of methoxy groups -OCH3 is 2. The van der Waals surface area contributed by atoms with Crippen LogP contribution < -0.4 is 14.8 Å². The van der Waals surface area contributed by atoms with Crippen LogP contribution in [0.1, 0.15) is 15.9 Å². The van der Waals surface area contributed by atoms with Crippen molar-refractivity contribution in [3.8, 4) is 11.5 Å². The predicted molar refractivity (Wildman–Crippen MR) is 86.6 cm³/mol. The van der Waals surface area contributed by atoms with Crippen molar-refractivity contribution in [3.05, 3.63) is 52.0 Å². The molecule has 0 aromatic heterocycles. The van der Waals surface area contributed by atoms with Crippen LogP contribution in [0.2, 0.25) is 0 Å². The highest BCUT2D eigenvalue weighted by molar-refractivity contribution is 9.10. The first-order chi connectivity index (χ1) is 11.3. The lowest BCUT2D eigenvalue weighted by molar-refractivity contribution is -0.137. The largest absolute Gasteiger partial charge is 0.495 e. The Morgan fingerprint density at radius 1 is 1.08 bits per heavy atom. The lowest BCUT2D eigenvalue weighted by atomic mass is 10.1. The van der Waals surface area contributed by atoms with Gasteiger partial charge >= 0.3 is 6.18 Å². The van der Waals surface area contributed by atoms with Crippen LogP contribution in [0, 0.1) is 0 Å². The second-order valence-corrected chi connectivity index (χ2v) is 5.52. The maximum Gasteiger partial charge on any atom is 0.416 e. The zero-order valence-corrected chi connectivity index (χ0v) is 14.3. The first kappa shape index (κ1) is 18.1. The summed E-state index contributed by atoms with van der Waals surface area (Å²) in [5.74, 6) is 0.144. The number of hydrogen-bond donors (Lipinski definition) is 1. The first-order valence-corrected chi connectivity index (χ1v) is 7.45. The molecule has 0 saturated heterocycles. The van der Waals surface area contributed by atoms with Gasteiger partial charge in [-0.1, -0.05) is 6.07 Å². The fourth-order valence-corrected chi connectivity index (χ4v) is 2.53. The van der Waals surface area contributed by atoms with Crippen LogP contribution in [-0.2, 0) is 6.18 Å². The summed E-state index contributed by atoms with van der Waals surface area (Å²) in [5.41, 5.74) is -0.619. The van der Waals surface area contributed by atoms with Crippen LogP contribution in [0.25, 0.3) is 0 Å². The van der Waals surface area contributed by atoms with E-state index in [1.165, 1.54) is 38.5 Å². The van der Waals surface area contributed by atoms with E-state index in [0.717, 1.165) is 12.1 Å². The van der Waals surface area contributed by atoms with Gasteiger partial charge in [0.1, 0.15) is 16.0 Å². The number of amides is 1. The second kappa shape index (κ2) is 7.12. The molecule has 1 N–H and O–H groups in total. The number of halogens is 4. The van der Waals surface area contributed by atoms with E-state index in [0.29, 0.717) is 16.0 Å². The number of benzene rings is 2. The Morgan fingerprint density at radius 3 is 2.17 bits per heavy atom. The molecule has 2 aromatic rings. The Bertz CT molecular complexity index is 737. The van der Waals surface area contributed by atoms with Crippen molar-refractivity contribution in [2.45, 2.75) is 6.18 Å². The Hall–Kier alpha value is -2.22. The molecule has 0 saturated carbocycles. The highest BCUT2D eigenvalue weighted by Gasteiger charge is 2.30. The number of carbonyl (C=O) groups excluding carboxylic acids is 1. The van der Waals surface area contributed by atoms with Gasteiger partial charge in [-0.05, 0) is 46.3 Å². The van der Waals surface area contributed by atoms with E-state index in [4.69, 9.17) is 9.47 Å². The van der Waals surface area contributed by atoms with E-state index >= 15 is 0 Å². The molecular weight excluding hydrogens is 391 g/mol. The van der Waals surface area contributed by atoms with Crippen molar-refractivity contribution < 1.29 is 27.4 Å². The van der Waals surface area contributed by atoms with Gasteiger partial charge in [-0.3, -0.25) is 4.79 Å². The first-order valence-electron chi connectivity index (χ1n) is 6.66. The smallest absolute Gasteiger partial charge is 0.416 e. The molecule has 8 heteroatoms. The van der Waals surface area contributed by atoms with Gasteiger partial charge < -0.3 is 14.8 Å². The Morgan fingerprint density at radius 2 is 1.67 bits per heavy atom. The Balaban J connectivity index is 2.30. The molecule has 0 heterocycles. The summed E-state index contributed by atoms with van der Waals surface area (Å²) in [4.78, 5) is 12.3. The zero-order valence-electron chi connectivity index (χ0n) is 12.7. The minimum atomic E-state index is -4.48. The van der Waals surface area contributed by atoms with Crippen molar-refractivity contribution in [2.75, 3.05) is 19.5 Å². The van der Waals surface area contributed by atoms with Gasteiger partial charge in [0.2, 0.25) is 0 Å². The van der Waals surface area contributed by atoms with Gasteiger partial charge in [0, 0.05) is 11.3 Å². The quantitative estimate of drug-likeness (QED) is 0.801. The molecule has 0 fully saturated rings. The molecule has 0 atom stereocenters. The third-order valence-electron chi connectivity index (χ3n) is 3.16. The number of carbonyl (C=O) groups is 1. The fourth-order valence-electron chi connectivity index (χ4n) is 1.98. The summed E-state index contributed by atoms with van der Waals surface area (Å²) >= 11 is 3.28. The van der Waals surface area contributed by atoms with Crippen molar-refractivity contribution >= 4 is 27.5 Å². The zero-order chi connectivity index (χ0) is 17.9. The number of ether oxygens (including phenoxy) is 2. The van der Waals surface area contributed by atoms with Crippen LogP contribution in [0.5, 0.6) is 11.5 Å². The summed E-state index contributed by atoms with van der Waals surface area (Å²) in [6, 6.07) is 7.30. The van der Waals surface area contributed by atoms with Gasteiger partial charge in [0.15, 0.2) is 0 Å². The number of rotatable bonds is 4. The highest BCUT2D eigenvalue weighted by atomic mass is 79.9. The molecular formula is C16H13BrF3NO3. The highest BCUT2D eigenvalue weighted by Crippen LogP contribution is 2.36. The number of anilines is 1. The van der Waals surface area contributed by atoms with E-state index in [-0.39, 0.29) is 11.3 Å². The summed E-state index contributed by atoms with van der Waals surface area (Å²) in [7, 11) is 2.85. The van der Waals surface area contributed by atoms with Gasteiger partial charge in [0.25, 0.3) is 5.91 Å². The number of nitrogens with one attached hydrogen (secondary N) is 1. The third-order valence-corrected chi connectivity index (χ3v) is 3.94. The molecule has 0 bridgehead atoms. The molecule has 0 unspecified atom stereocenters. The molecule has 0 radical (unpaired) electrons. The maximum absolute atomic E-state index is 12.7. The number of alkyl halides is 3. The van der Waals surface area contributed by atoms with E-state index in [1.54, 1.807) is 0 Å². The topological polar surface area (TPSA) is 47.6 Å². The van der Waals surface area contributed by atoms with Crippen LogP contribution >= 0.6 is 15.9 Å². The molecule has 0 aliphatic heterocycles. The minimum Gasteiger partial charge on any atom is -0.495 e. The monoisotopic (exact) mass is 403 g/mol. The normalized spacial score (nSPS) is 11.1. The van der Waals surface area contributed by atoms with E-state index in [9.17, 15) is 18.0 Å². The summed E-state index contributed by atoms with van der Waals surface area (Å²) in [5, 5.41) is 2.43. The molecule has 4 nitrogen and oxygen atoms in total. The lowest BCUT2D eigenvalue weighted by Gasteiger charge is -2.13. The van der Waals surface area contributed by atoms with Crippen LogP contribution in [0.3, 0.4) is 0 Å². The van der Waals surface area contributed by atoms with E-state index in [2.05, 4.69) is 21.2 Å². The lowest BCUT2D eigenvalue weighted by Crippen LogP contribution is -2.13. The summed E-state index contributed by atoms with van der Waals surface area (Å²) in [6.45, 7) is 0. The van der Waals surface area contributed by atoms with E-state index < -0.39 is 17.6 Å². The van der Waals surface area contributed by atoms with Crippen LogP contribution in [0.15, 0.2) is 40.9 Å². The van der Waals surface area contributed by atoms with Crippen molar-refractivity contribution in [1.82, 2.24) is 0 Å². The van der Waals surface area contributed by atoms with Crippen molar-refractivity contribution in [2.24, 2.45) is 0 Å². The molecule has 24 heavy (non-hydrogen) atoms. The molecule has 0 aliphatic carbocycles. The second-order valence-electron chi connectivity index (χ2n) is 4.73. The fraction of sp³-hybridized carbons (Fsp3) is 0.188. The average Bonchev–Trinajstić information content (AvgIpc) is 2.54.